The van der Waals surface area contributed by atoms with E-state index in [2.05, 4.69) is 39.6 Å². The van der Waals surface area contributed by atoms with Crippen LogP contribution >= 0.6 is 0 Å². The van der Waals surface area contributed by atoms with Gasteiger partial charge < -0.3 is 10.0 Å². The molecule has 14 heavy (non-hydrogen) atoms. The van der Waals surface area contributed by atoms with Crippen molar-refractivity contribution in [2.75, 3.05) is 20.2 Å². The number of aliphatic hydroxyl groups excluding tert-OH is 1. The van der Waals surface area contributed by atoms with Crippen LogP contribution in [0.3, 0.4) is 0 Å². The molecular weight excluding hydrogens is 174 g/mol. The van der Waals surface area contributed by atoms with Crippen molar-refractivity contribution in [2.45, 2.75) is 53.0 Å². The first-order valence-corrected chi connectivity index (χ1v) is 5.80. The summed E-state index contributed by atoms with van der Waals surface area (Å²) in [7, 11) is 2.15. The van der Waals surface area contributed by atoms with E-state index in [9.17, 15) is 5.11 Å². The molecule has 0 saturated carbocycles. The number of hydrogen-bond donors (Lipinski definition) is 1. The molecule has 2 unspecified atom stereocenters. The van der Waals surface area contributed by atoms with Gasteiger partial charge >= 0.3 is 0 Å². The first-order chi connectivity index (χ1) is 6.49. The van der Waals surface area contributed by atoms with Crippen LogP contribution in [0.5, 0.6) is 0 Å². The molecule has 0 fully saturated rings. The van der Waals surface area contributed by atoms with Crippen molar-refractivity contribution in [1.29, 1.82) is 0 Å². The van der Waals surface area contributed by atoms with E-state index in [1.54, 1.807) is 0 Å². The van der Waals surface area contributed by atoms with Crippen molar-refractivity contribution in [2.24, 2.45) is 5.41 Å². The number of nitrogens with zero attached hydrogens (tertiary/aromatic N) is 1. The summed E-state index contributed by atoms with van der Waals surface area (Å²) in [5.74, 6) is 0. The van der Waals surface area contributed by atoms with E-state index in [1.807, 2.05) is 0 Å². The van der Waals surface area contributed by atoms with Gasteiger partial charge in [0.25, 0.3) is 0 Å². The Labute approximate surface area is 89.3 Å². The van der Waals surface area contributed by atoms with Crippen molar-refractivity contribution >= 4 is 0 Å². The molecule has 0 aliphatic heterocycles. The van der Waals surface area contributed by atoms with E-state index in [0.29, 0.717) is 12.6 Å². The van der Waals surface area contributed by atoms with Gasteiger partial charge in [0.2, 0.25) is 0 Å². The zero-order chi connectivity index (χ0) is 11.2. The Hall–Kier alpha value is -0.0800. The molecule has 86 valence electrons. The molecule has 0 spiro atoms. The Morgan fingerprint density at radius 2 is 1.93 bits per heavy atom. The lowest BCUT2D eigenvalue weighted by atomic mass is 9.85. The third-order valence-corrected chi connectivity index (χ3v) is 3.21. The number of aliphatic hydroxyl groups is 1. The molecule has 0 aromatic rings. The summed E-state index contributed by atoms with van der Waals surface area (Å²) >= 11 is 0. The van der Waals surface area contributed by atoms with Crippen molar-refractivity contribution in [1.82, 2.24) is 4.90 Å². The van der Waals surface area contributed by atoms with Crippen LogP contribution in [0, 0.1) is 5.41 Å². The molecule has 0 aliphatic rings. The second-order valence-electron chi connectivity index (χ2n) is 4.89. The summed E-state index contributed by atoms with van der Waals surface area (Å²) < 4.78 is 0. The molecule has 0 aliphatic carbocycles. The molecule has 2 heteroatoms. The van der Waals surface area contributed by atoms with Crippen LogP contribution in [0.2, 0.25) is 0 Å². The topological polar surface area (TPSA) is 23.5 Å². The predicted molar refractivity (Wildman–Crippen MR) is 62.5 cm³/mol. The second kappa shape index (κ2) is 6.41. The highest BCUT2D eigenvalue weighted by Gasteiger charge is 2.25. The fourth-order valence-electron chi connectivity index (χ4n) is 1.88. The van der Waals surface area contributed by atoms with Gasteiger partial charge in [-0.25, -0.2) is 0 Å². The number of hydrogen-bond acceptors (Lipinski definition) is 2. The van der Waals surface area contributed by atoms with E-state index in [1.165, 1.54) is 6.42 Å². The minimum absolute atomic E-state index is 0.0763. The summed E-state index contributed by atoms with van der Waals surface area (Å²) in [6.45, 7) is 10.1. The Morgan fingerprint density at radius 3 is 2.29 bits per heavy atom. The van der Waals surface area contributed by atoms with Crippen molar-refractivity contribution in [3.63, 3.8) is 0 Å². The van der Waals surface area contributed by atoms with Gasteiger partial charge in [-0.2, -0.15) is 0 Å². The Kier molecular flexibility index (Phi) is 6.38. The summed E-state index contributed by atoms with van der Waals surface area (Å²) in [6, 6.07) is 0.609. The molecule has 0 radical (unpaired) electrons. The first kappa shape index (κ1) is 13.9. The third-order valence-electron chi connectivity index (χ3n) is 3.21. The molecule has 1 N–H and O–H groups in total. The Balaban J connectivity index is 4.15. The number of rotatable bonds is 7. The SMILES string of the molecule is CCCC(C)(CO)CN(C)C(C)CC. The Morgan fingerprint density at radius 1 is 1.36 bits per heavy atom. The summed E-state index contributed by atoms with van der Waals surface area (Å²) in [4.78, 5) is 2.35. The molecule has 0 rings (SSSR count). The predicted octanol–water partition coefficient (Wildman–Crippen LogP) is 2.52. The van der Waals surface area contributed by atoms with Gasteiger partial charge in [0.15, 0.2) is 0 Å². The van der Waals surface area contributed by atoms with E-state index in [0.717, 1.165) is 19.4 Å². The van der Waals surface area contributed by atoms with Gasteiger partial charge in [-0.15, -0.1) is 0 Å². The summed E-state index contributed by atoms with van der Waals surface area (Å²) in [6.07, 6.45) is 3.42. The second-order valence-corrected chi connectivity index (χ2v) is 4.89. The van der Waals surface area contributed by atoms with Crippen LogP contribution in [0.25, 0.3) is 0 Å². The van der Waals surface area contributed by atoms with Gasteiger partial charge in [-0.1, -0.05) is 27.2 Å². The third kappa shape index (κ3) is 4.43. The molecular formula is C12H27NO. The zero-order valence-electron chi connectivity index (χ0n) is 10.5. The van der Waals surface area contributed by atoms with Crippen molar-refractivity contribution in [3.05, 3.63) is 0 Å². The lowest BCUT2D eigenvalue weighted by molar-refractivity contribution is 0.0754. The molecule has 2 nitrogen and oxygen atoms in total. The fraction of sp³-hybridized carbons (Fsp3) is 1.00. The maximum atomic E-state index is 9.39. The largest absolute Gasteiger partial charge is 0.396 e. The van der Waals surface area contributed by atoms with Crippen LogP contribution in [0.15, 0.2) is 0 Å². The monoisotopic (exact) mass is 201 g/mol. The van der Waals surface area contributed by atoms with Gasteiger partial charge in [-0.05, 0) is 26.8 Å². The van der Waals surface area contributed by atoms with E-state index in [-0.39, 0.29) is 5.41 Å². The van der Waals surface area contributed by atoms with Crippen LogP contribution in [0.4, 0.5) is 0 Å². The van der Waals surface area contributed by atoms with Crippen LogP contribution in [0.1, 0.15) is 47.0 Å². The van der Waals surface area contributed by atoms with E-state index < -0.39 is 0 Å². The highest BCUT2D eigenvalue weighted by atomic mass is 16.3. The van der Waals surface area contributed by atoms with Gasteiger partial charge in [0, 0.05) is 24.6 Å². The molecule has 0 amide bonds. The molecule has 0 aromatic heterocycles. The van der Waals surface area contributed by atoms with Crippen LogP contribution in [-0.4, -0.2) is 36.2 Å². The van der Waals surface area contributed by atoms with Gasteiger partial charge in [0.05, 0.1) is 0 Å². The molecule has 2 atom stereocenters. The quantitative estimate of drug-likeness (QED) is 0.684. The van der Waals surface area contributed by atoms with Gasteiger partial charge in [-0.3, -0.25) is 0 Å². The smallest absolute Gasteiger partial charge is 0.0497 e. The lowest BCUT2D eigenvalue weighted by Crippen LogP contribution is -2.40. The molecule has 0 aromatic carbocycles. The first-order valence-electron chi connectivity index (χ1n) is 5.80. The van der Waals surface area contributed by atoms with Crippen molar-refractivity contribution in [3.8, 4) is 0 Å². The standard InChI is InChI=1S/C12H27NO/c1-6-8-12(4,10-14)9-13(5)11(3)7-2/h11,14H,6-10H2,1-5H3. The molecule has 0 bridgehead atoms. The van der Waals surface area contributed by atoms with Crippen LogP contribution < -0.4 is 0 Å². The van der Waals surface area contributed by atoms with Crippen molar-refractivity contribution < 1.29 is 5.11 Å². The normalized spacial score (nSPS) is 18.2. The summed E-state index contributed by atoms with van der Waals surface area (Å²) in [5, 5.41) is 9.39. The average molecular weight is 201 g/mol. The lowest BCUT2D eigenvalue weighted by Gasteiger charge is -2.34. The molecule has 0 heterocycles. The zero-order valence-corrected chi connectivity index (χ0v) is 10.5. The van der Waals surface area contributed by atoms with Crippen LogP contribution in [-0.2, 0) is 0 Å². The summed E-state index contributed by atoms with van der Waals surface area (Å²) in [5.41, 5.74) is 0.0763. The maximum absolute atomic E-state index is 9.39. The Bertz CT molecular complexity index is 149. The maximum Gasteiger partial charge on any atom is 0.0497 e. The highest BCUT2D eigenvalue weighted by molar-refractivity contribution is 4.78. The van der Waals surface area contributed by atoms with E-state index in [4.69, 9.17) is 0 Å². The van der Waals surface area contributed by atoms with Gasteiger partial charge in [0.1, 0.15) is 0 Å². The van der Waals surface area contributed by atoms with E-state index >= 15 is 0 Å². The molecule has 0 saturated heterocycles. The minimum atomic E-state index is 0.0763. The highest BCUT2D eigenvalue weighted by Crippen LogP contribution is 2.24. The minimum Gasteiger partial charge on any atom is -0.396 e. The average Bonchev–Trinajstić information content (AvgIpc) is 2.16. The fourth-order valence-corrected chi connectivity index (χ4v) is 1.88.